The van der Waals surface area contributed by atoms with E-state index in [1.54, 1.807) is 20.8 Å². The predicted molar refractivity (Wildman–Crippen MR) is 124 cm³/mol. The molecule has 8 heteroatoms. The fourth-order valence-corrected chi connectivity index (χ4v) is 4.54. The van der Waals surface area contributed by atoms with E-state index in [0.29, 0.717) is 11.3 Å². The normalized spacial score (nSPS) is 13.0. The highest BCUT2D eigenvalue weighted by atomic mass is 32.2. The molecule has 0 aliphatic heterocycles. The van der Waals surface area contributed by atoms with E-state index in [4.69, 9.17) is 4.74 Å². The molecule has 1 atom stereocenters. The third kappa shape index (κ3) is 6.29. The number of benzene rings is 3. The molecule has 1 amide bonds. The second-order valence-corrected chi connectivity index (χ2v) is 10.2. The first-order valence-electron chi connectivity index (χ1n) is 10.3. The molecule has 3 N–H and O–H groups in total. The molecule has 170 valence electrons. The number of sulfonamides is 1. The fourth-order valence-electron chi connectivity index (χ4n) is 3.13. The standard InChI is InChI=1S/C24H28N2O5S/c1-24(2,3)26-32(29,30)20-13-11-18(12-14-20)23(28)25-15-19(27)16-31-22-10-6-8-17-7-4-5-9-21(17)22/h4-14,19,26-27H,15-16H2,1-3H3,(H,25,28)/t19-/m0/s1. The molecule has 0 aromatic heterocycles. The van der Waals surface area contributed by atoms with Crippen molar-refractivity contribution in [2.24, 2.45) is 0 Å². The Balaban J connectivity index is 1.54. The molecular formula is C24H28N2O5S. The fraction of sp³-hybridized carbons (Fsp3) is 0.292. The van der Waals surface area contributed by atoms with Crippen molar-refractivity contribution >= 4 is 26.7 Å². The van der Waals surface area contributed by atoms with Gasteiger partial charge in [0.05, 0.1) is 4.90 Å². The second-order valence-electron chi connectivity index (χ2n) is 8.53. The summed E-state index contributed by atoms with van der Waals surface area (Å²) in [4.78, 5) is 12.4. The van der Waals surface area contributed by atoms with Crippen LogP contribution in [0.4, 0.5) is 0 Å². The first-order valence-corrected chi connectivity index (χ1v) is 11.7. The maximum absolute atomic E-state index is 12.4. The van der Waals surface area contributed by atoms with Crippen LogP contribution in [-0.4, -0.2) is 44.2 Å². The summed E-state index contributed by atoms with van der Waals surface area (Å²) < 4.78 is 33.0. The lowest BCUT2D eigenvalue weighted by Crippen LogP contribution is -2.40. The van der Waals surface area contributed by atoms with Crippen molar-refractivity contribution in [3.05, 3.63) is 72.3 Å². The van der Waals surface area contributed by atoms with Crippen LogP contribution in [0, 0.1) is 0 Å². The zero-order chi connectivity index (χ0) is 23.4. The number of rotatable bonds is 8. The molecule has 0 spiro atoms. The average Bonchev–Trinajstić information content (AvgIpc) is 2.74. The molecule has 3 aromatic carbocycles. The van der Waals surface area contributed by atoms with Crippen LogP contribution in [-0.2, 0) is 10.0 Å². The molecule has 7 nitrogen and oxygen atoms in total. The van der Waals surface area contributed by atoms with Gasteiger partial charge in [-0.05, 0) is 56.5 Å². The van der Waals surface area contributed by atoms with Gasteiger partial charge in [-0.2, -0.15) is 0 Å². The summed E-state index contributed by atoms with van der Waals surface area (Å²) in [6, 6.07) is 19.1. The van der Waals surface area contributed by atoms with Gasteiger partial charge in [-0.25, -0.2) is 13.1 Å². The van der Waals surface area contributed by atoms with Crippen LogP contribution in [0.15, 0.2) is 71.6 Å². The minimum absolute atomic E-state index is 0.00473. The Kier molecular flexibility index (Phi) is 7.18. The summed E-state index contributed by atoms with van der Waals surface area (Å²) in [6.45, 7) is 5.27. The lowest BCUT2D eigenvalue weighted by atomic mass is 10.1. The van der Waals surface area contributed by atoms with Gasteiger partial charge < -0.3 is 15.2 Å². The molecule has 0 aliphatic rings. The molecule has 3 rings (SSSR count). The molecule has 32 heavy (non-hydrogen) atoms. The molecule has 0 unspecified atom stereocenters. The lowest BCUT2D eigenvalue weighted by molar-refractivity contribution is 0.0845. The van der Waals surface area contributed by atoms with E-state index in [-0.39, 0.29) is 18.0 Å². The summed E-state index contributed by atoms with van der Waals surface area (Å²) in [5.41, 5.74) is -0.319. The number of hydrogen-bond acceptors (Lipinski definition) is 5. The van der Waals surface area contributed by atoms with E-state index in [9.17, 15) is 18.3 Å². The van der Waals surface area contributed by atoms with Crippen LogP contribution in [0.5, 0.6) is 5.75 Å². The zero-order valence-corrected chi connectivity index (χ0v) is 19.1. The number of hydrogen-bond donors (Lipinski definition) is 3. The van der Waals surface area contributed by atoms with Gasteiger partial charge in [0.15, 0.2) is 0 Å². The topological polar surface area (TPSA) is 105 Å². The van der Waals surface area contributed by atoms with Gasteiger partial charge in [0.2, 0.25) is 10.0 Å². The van der Waals surface area contributed by atoms with Crippen molar-refractivity contribution in [3.8, 4) is 5.75 Å². The van der Waals surface area contributed by atoms with Gasteiger partial charge >= 0.3 is 0 Å². The highest BCUT2D eigenvalue weighted by molar-refractivity contribution is 7.89. The quantitative estimate of drug-likeness (QED) is 0.483. The summed E-state index contributed by atoms with van der Waals surface area (Å²) in [5.74, 6) is 0.246. The number of aliphatic hydroxyl groups excluding tert-OH is 1. The smallest absolute Gasteiger partial charge is 0.251 e. The SMILES string of the molecule is CC(C)(C)NS(=O)(=O)c1ccc(C(=O)NC[C@H](O)COc2cccc3ccccc23)cc1. The molecule has 0 fully saturated rings. The minimum atomic E-state index is -3.67. The van der Waals surface area contributed by atoms with Gasteiger partial charge in [0, 0.05) is 23.0 Å². The van der Waals surface area contributed by atoms with Crippen LogP contribution in [0.1, 0.15) is 31.1 Å². The average molecular weight is 457 g/mol. The first-order chi connectivity index (χ1) is 15.0. The Morgan fingerprint density at radius 2 is 1.66 bits per heavy atom. The summed E-state index contributed by atoms with van der Waals surface area (Å²) in [6.07, 6.45) is -0.909. The Bertz CT molecular complexity index is 1180. The minimum Gasteiger partial charge on any atom is -0.490 e. The Hall–Kier alpha value is -2.94. The third-order valence-electron chi connectivity index (χ3n) is 4.55. The second kappa shape index (κ2) is 9.68. The van der Waals surface area contributed by atoms with Gasteiger partial charge in [0.1, 0.15) is 18.5 Å². The van der Waals surface area contributed by atoms with Gasteiger partial charge in [-0.15, -0.1) is 0 Å². The van der Waals surface area contributed by atoms with Crippen molar-refractivity contribution in [1.82, 2.24) is 10.0 Å². The van der Waals surface area contributed by atoms with Crippen LogP contribution in [0.25, 0.3) is 10.8 Å². The largest absolute Gasteiger partial charge is 0.490 e. The van der Waals surface area contributed by atoms with Gasteiger partial charge in [-0.3, -0.25) is 4.79 Å². The third-order valence-corrected chi connectivity index (χ3v) is 6.32. The highest BCUT2D eigenvalue weighted by Crippen LogP contribution is 2.25. The molecule has 0 aliphatic carbocycles. The number of aliphatic hydroxyl groups is 1. The van der Waals surface area contributed by atoms with Crippen LogP contribution >= 0.6 is 0 Å². The van der Waals surface area contributed by atoms with E-state index in [1.165, 1.54) is 24.3 Å². The van der Waals surface area contributed by atoms with Gasteiger partial charge in [-0.1, -0.05) is 36.4 Å². The number of nitrogens with one attached hydrogen (secondary N) is 2. The molecule has 0 saturated heterocycles. The zero-order valence-electron chi connectivity index (χ0n) is 18.3. The van der Waals surface area contributed by atoms with Crippen molar-refractivity contribution in [1.29, 1.82) is 0 Å². The number of amides is 1. The number of carbonyl (C=O) groups is 1. The first kappa shape index (κ1) is 23.7. The summed E-state index contributed by atoms with van der Waals surface area (Å²) in [7, 11) is -3.67. The maximum Gasteiger partial charge on any atom is 0.251 e. The number of fused-ring (bicyclic) bond motifs is 1. The van der Waals surface area contributed by atoms with Crippen molar-refractivity contribution < 1.29 is 23.1 Å². The molecular weight excluding hydrogens is 428 g/mol. The summed E-state index contributed by atoms with van der Waals surface area (Å²) in [5, 5.41) is 14.8. The summed E-state index contributed by atoms with van der Waals surface area (Å²) >= 11 is 0. The van der Waals surface area contributed by atoms with Crippen LogP contribution < -0.4 is 14.8 Å². The Morgan fingerprint density at radius 1 is 1.00 bits per heavy atom. The van der Waals surface area contributed by atoms with E-state index in [1.807, 2.05) is 42.5 Å². The van der Waals surface area contributed by atoms with E-state index in [0.717, 1.165) is 10.8 Å². The van der Waals surface area contributed by atoms with E-state index >= 15 is 0 Å². The molecule has 3 aromatic rings. The van der Waals surface area contributed by atoms with E-state index < -0.39 is 27.6 Å². The Labute approximate surface area is 188 Å². The number of carbonyl (C=O) groups excluding carboxylic acids is 1. The molecule has 0 saturated carbocycles. The van der Waals surface area contributed by atoms with Gasteiger partial charge in [0.25, 0.3) is 5.91 Å². The maximum atomic E-state index is 12.4. The molecule has 0 bridgehead atoms. The predicted octanol–water partition coefficient (Wildman–Crippen LogP) is 3.09. The molecule has 0 heterocycles. The highest BCUT2D eigenvalue weighted by Gasteiger charge is 2.22. The number of ether oxygens (including phenoxy) is 1. The lowest BCUT2D eigenvalue weighted by Gasteiger charge is -2.20. The van der Waals surface area contributed by atoms with Crippen LogP contribution in [0.2, 0.25) is 0 Å². The molecule has 0 radical (unpaired) electrons. The van der Waals surface area contributed by atoms with Crippen molar-refractivity contribution in [2.75, 3.05) is 13.2 Å². The Morgan fingerprint density at radius 3 is 2.34 bits per heavy atom. The van der Waals surface area contributed by atoms with Crippen LogP contribution in [0.3, 0.4) is 0 Å². The van der Waals surface area contributed by atoms with E-state index in [2.05, 4.69) is 10.0 Å². The van der Waals surface area contributed by atoms with Crippen molar-refractivity contribution in [3.63, 3.8) is 0 Å². The van der Waals surface area contributed by atoms with Crippen molar-refractivity contribution in [2.45, 2.75) is 37.3 Å². The monoisotopic (exact) mass is 456 g/mol.